The van der Waals surface area contributed by atoms with E-state index in [0.717, 1.165) is 0 Å². The van der Waals surface area contributed by atoms with Gasteiger partial charge in [-0.3, -0.25) is 4.79 Å². The van der Waals surface area contributed by atoms with Gasteiger partial charge in [-0.2, -0.15) is 4.80 Å². The fraction of sp³-hybridized carbons (Fsp3) is 0.125. The molecule has 8 heteroatoms. The van der Waals surface area contributed by atoms with Crippen LogP contribution in [0.2, 0.25) is 5.02 Å². The molecule has 1 amide bonds. The number of rotatable bonds is 5. The predicted octanol–water partition coefficient (Wildman–Crippen LogP) is 3.16. The molecule has 1 N–H and O–H groups in total. The van der Waals surface area contributed by atoms with Crippen LogP contribution in [0.25, 0.3) is 11.4 Å². The molecule has 0 aliphatic carbocycles. The smallest absolute Gasteiger partial charge is 0.226 e. The number of aryl methyl sites for hydroxylation is 1. The van der Waals surface area contributed by atoms with Gasteiger partial charge < -0.3 is 5.32 Å². The average Bonchev–Trinajstić information content (AvgIpc) is 3.02. The molecular formula is C16H13ClFN5O. The van der Waals surface area contributed by atoms with E-state index in [0.29, 0.717) is 22.1 Å². The lowest BCUT2D eigenvalue weighted by Crippen LogP contribution is -2.15. The third-order valence-electron chi connectivity index (χ3n) is 3.18. The van der Waals surface area contributed by atoms with Gasteiger partial charge in [0.15, 0.2) is 0 Å². The summed E-state index contributed by atoms with van der Waals surface area (Å²) in [4.78, 5) is 13.2. The molecule has 3 rings (SSSR count). The van der Waals surface area contributed by atoms with Crippen molar-refractivity contribution in [2.45, 2.75) is 13.0 Å². The minimum absolute atomic E-state index is 0.172. The lowest BCUT2D eigenvalue weighted by atomic mass is 10.2. The number of carbonyl (C=O) groups is 1. The quantitative estimate of drug-likeness (QED) is 0.771. The molecule has 0 spiro atoms. The highest BCUT2D eigenvalue weighted by Crippen LogP contribution is 2.16. The Morgan fingerprint density at radius 1 is 1.21 bits per heavy atom. The van der Waals surface area contributed by atoms with E-state index in [1.807, 2.05) is 0 Å². The summed E-state index contributed by atoms with van der Waals surface area (Å²) in [5.41, 5.74) is 1.16. The predicted molar refractivity (Wildman–Crippen MR) is 87.9 cm³/mol. The molecule has 24 heavy (non-hydrogen) atoms. The Balaban J connectivity index is 1.58. The van der Waals surface area contributed by atoms with Crippen molar-refractivity contribution in [2.24, 2.45) is 0 Å². The summed E-state index contributed by atoms with van der Waals surface area (Å²) in [7, 11) is 0. The SMILES string of the molecule is O=C(CCn1nnc(-c2cccc(F)c2)n1)Nc1cccc(Cl)c1. The van der Waals surface area contributed by atoms with E-state index in [-0.39, 0.29) is 24.7 Å². The van der Waals surface area contributed by atoms with E-state index in [4.69, 9.17) is 11.6 Å². The number of anilines is 1. The van der Waals surface area contributed by atoms with Crippen molar-refractivity contribution in [1.82, 2.24) is 20.2 Å². The number of carbonyl (C=O) groups excluding carboxylic acids is 1. The molecule has 0 fully saturated rings. The minimum Gasteiger partial charge on any atom is -0.326 e. The number of aromatic nitrogens is 4. The van der Waals surface area contributed by atoms with Crippen LogP contribution < -0.4 is 5.32 Å². The molecule has 2 aromatic carbocycles. The van der Waals surface area contributed by atoms with Crippen LogP contribution >= 0.6 is 11.6 Å². The summed E-state index contributed by atoms with van der Waals surface area (Å²) in [5.74, 6) is -0.253. The first-order chi connectivity index (χ1) is 11.6. The summed E-state index contributed by atoms with van der Waals surface area (Å²) in [5, 5.41) is 15.2. The van der Waals surface area contributed by atoms with Crippen LogP contribution in [0.5, 0.6) is 0 Å². The highest BCUT2D eigenvalue weighted by molar-refractivity contribution is 6.30. The second-order valence-electron chi connectivity index (χ2n) is 5.03. The number of halogens is 2. The lowest BCUT2D eigenvalue weighted by Gasteiger charge is -2.04. The first-order valence-electron chi connectivity index (χ1n) is 7.19. The molecule has 6 nitrogen and oxygen atoms in total. The number of benzene rings is 2. The fourth-order valence-corrected chi connectivity index (χ4v) is 2.26. The summed E-state index contributed by atoms with van der Waals surface area (Å²) in [6.45, 7) is 0.259. The van der Waals surface area contributed by atoms with Gasteiger partial charge in [-0.25, -0.2) is 4.39 Å². The van der Waals surface area contributed by atoms with Crippen LogP contribution in [0, 0.1) is 5.82 Å². The van der Waals surface area contributed by atoms with Crippen molar-refractivity contribution in [3.05, 3.63) is 59.4 Å². The van der Waals surface area contributed by atoms with Crippen molar-refractivity contribution >= 4 is 23.2 Å². The molecule has 0 radical (unpaired) electrons. The summed E-state index contributed by atoms with van der Waals surface area (Å²) >= 11 is 5.86. The lowest BCUT2D eigenvalue weighted by molar-refractivity contribution is -0.116. The maximum atomic E-state index is 13.2. The number of hydrogen-bond donors (Lipinski definition) is 1. The van der Waals surface area contributed by atoms with Gasteiger partial charge in [-0.05, 0) is 35.5 Å². The molecule has 1 heterocycles. The van der Waals surface area contributed by atoms with Gasteiger partial charge in [-0.15, -0.1) is 10.2 Å². The second kappa shape index (κ2) is 7.18. The third-order valence-corrected chi connectivity index (χ3v) is 3.42. The van der Waals surface area contributed by atoms with Crippen LogP contribution in [-0.4, -0.2) is 26.1 Å². The molecule has 0 saturated carbocycles. The van der Waals surface area contributed by atoms with Crippen LogP contribution in [0.4, 0.5) is 10.1 Å². The van der Waals surface area contributed by atoms with Crippen LogP contribution in [0.3, 0.4) is 0 Å². The van der Waals surface area contributed by atoms with Gasteiger partial charge in [0, 0.05) is 22.7 Å². The molecule has 0 unspecified atom stereocenters. The zero-order valence-electron chi connectivity index (χ0n) is 12.5. The Hall–Kier alpha value is -2.80. The van der Waals surface area contributed by atoms with Crippen molar-refractivity contribution in [3.8, 4) is 11.4 Å². The normalized spacial score (nSPS) is 10.6. The number of nitrogens with zero attached hydrogens (tertiary/aromatic N) is 4. The summed E-state index contributed by atoms with van der Waals surface area (Å²) < 4.78 is 13.2. The van der Waals surface area contributed by atoms with Crippen LogP contribution in [0.15, 0.2) is 48.5 Å². The highest BCUT2D eigenvalue weighted by atomic mass is 35.5. The standard InChI is InChI=1S/C16H13ClFN5O/c17-12-4-2-6-14(10-12)19-15(24)7-8-23-21-16(20-22-23)11-3-1-5-13(18)9-11/h1-6,9-10H,7-8H2,(H,19,24). The van der Waals surface area contributed by atoms with Crippen molar-refractivity contribution in [1.29, 1.82) is 0 Å². The van der Waals surface area contributed by atoms with E-state index in [2.05, 4.69) is 20.7 Å². The molecule has 0 bridgehead atoms. The zero-order chi connectivity index (χ0) is 16.9. The van der Waals surface area contributed by atoms with Crippen molar-refractivity contribution in [2.75, 3.05) is 5.32 Å². The fourth-order valence-electron chi connectivity index (χ4n) is 2.07. The van der Waals surface area contributed by atoms with Gasteiger partial charge in [0.25, 0.3) is 0 Å². The Morgan fingerprint density at radius 2 is 2.04 bits per heavy atom. The summed E-state index contributed by atoms with van der Waals surface area (Å²) in [6.07, 6.45) is 0.172. The van der Waals surface area contributed by atoms with Gasteiger partial charge in [0.05, 0.1) is 6.54 Å². The zero-order valence-corrected chi connectivity index (χ0v) is 13.2. The van der Waals surface area contributed by atoms with E-state index < -0.39 is 0 Å². The van der Waals surface area contributed by atoms with Gasteiger partial charge in [0.1, 0.15) is 5.82 Å². The Labute approximate surface area is 142 Å². The molecule has 3 aromatic rings. The first-order valence-corrected chi connectivity index (χ1v) is 7.57. The second-order valence-corrected chi connectivity index (χ2v) is 5.46. The van der Waals surface area contributed by atoms with Gasteiger partial charge in [0.2, 0.25) is 11.7 Å². The highest BCUT2D eigenvalue weighted by Gasteiger charge is 2.09. The van der Waals surface area contributed by atoms with Crippen LogP contribution in [0.1, 0.15) is 6.42 Å². The average molecular weight is 346 g/mol. The van der Waals surface area contributed by atoms with Crippen molar-refractivity contribution < 1.29 is 9.18 Å². The largest absolute Gasteiger partial charge is 0.326 e. The van der Waals surface area contributed by atoms with Gasteiger partial charge in [-0.1, -0.05) is 29.8 Å². The van der Waals surface area contributed by atoms with Crippen molar-refractivity contribution in [3.63, 3.8) is 0 Å². The Morgan fingerprint density at radius 3 is 2.83 bits per heavy atom. The molecular weight excluding hydrogens is 333 g/mol. The first kappa shape index (κ1) is 16.1. The molecule has 122 valence electrons. The van der Waals surface area contributed by atoms with Crippen LogP contribution in [-0.2, 0) is 11.3 Å². The minimum atomic E-state index is -0.371. The van der Waals surface area contributed by atoms with E-state index >= 15 is 0 Å². The molecule has 0 saturated heterocycles. The topological polar surface area (TPSA) is 72.7 Å². The molecule has 1 aromatic heterocycles. The number of tetrazole rings is 1. The van der Waals surface area contributed by atoms with E-state index in [1.54, 1.807) is 36.4 Å². The number of hydrogen-bond acceptors (Lipinski definition) is 4. The Bertz CT molecular complexity index is 867. The maximum absolute atomic E-state index is 13.2. The number of amides is 1. The van der Waals surface area contributed by atoms with E-state index in [9.17, 15) is 9.18 Å². The maximum Gasteiger partial charge on any atom is 0.226 e. The molecule has 0 atom stereocenters. The Kier molecular flexibility index (Phi) is 4.81. The number of nitrogens with one attached hydrogen (secondary N) is 1. The summed E-state index contributed by atoms with van der Waals surface area (Å²) in [6, 6.07) is 12.8. The van der Waals surface area contributed by atoms with Gasteiger partial charge >= 0.3 is 0 Å². The molecule has 0 aliphatic heterocycles. The molecule has 0 aliphatic rings. The van der Waals surface area contributed by atoms with E-state index in [1.165, 1.54) is 16.9 Å². The monoisotopic (exact) mass is 345 g/mol. The third kappa shape index (κ3) is 4.14.